The Morgan fingerprint density at radius 3 is 2.72 bits per heavy atom. The third-order valence-electron chi connectivity index (χ3n) is 4.42. The van der Waals surface area contributed by atoms with Gasteiger partial charge in [-0.2, -0.15) is 0 Å². The lowest BCUT2D eigenvalue weighted by molar-refractivity contribution is 0.637. The Kier molecular flexibility index (Phi) is 3.88. The number of hydrogen-bond acceptors (Lipinski definition) is 4. The summed E-state index contributed by atoms with van der Waals surface area (Å²) in [5, 5.41) is 9.27. The van der Waals surface area contributed by atoms with E-state index in [9.17, 15) is 0 Å². The van der Waals surface area contributed by atoms with Gasteiger partial charge in [0.05, 0.1) is 23.1 Å². The third-order valence-corrected chi connectivity index (χ3v) is 5.05. The minimum absolute atomic E-state index is 0.0912. The SMILES string of the molecule is Cc1nnn(C)c1-c1cnc2c(c1)c(Br)cn2[C@@H](C)c1ccccn1. The number of aromatic nitrogens is 6. The molecular weight excluding hydrogens is 380 g/mol. The first-order chi connectivity index (χ1) is 12.1. The van der Waals surface area contributed by atoms with Crippen LogP contribution in [-0.4, -0.2) is 29.5 Å². The van der Waals surface area contributed by atoms with Crippen LogP contribution in [0, 0.1) is 6.92 Å². The van der Waals surface area contributed by atoms with Crippen molar-refractivity contribution in [1.82, 2.24) is 29.5 Å². The van der Waals surface area contributed by atoms with Crippen LogP contribution in [0.25, 0.3) is 22.3 Å². The number of rotatable bonds is 3. The second-order valence-corrected chi connectivity index (χ2v) is 6.91. The fourth-order valence-electron chi connectivity index (χ4n) is 3.14. The lowest BCUT2D eigenvalue weighted by Crippen LogP contribution is -2.07. The summed E-state index contributed by atoms with van der Waals surface area (Å²) < 4.78 is 4.92. The minimum Gasteiger partial charge on any atom is -0.323 e. The number of hydrogen-bond donors (Lipinski definition) is 0. The lowest BCUT2D eigenvalue weighted by Gasteiger charge is -2.14. The average molecular weight is 397 g/mol. The predicted octanol–water partition coefficient (Wildman–Crippen LogP) is 3.91. The van der Waals surface area contributed by atoms with Crippen molar-refractivity contribution >= 4 is 27.0 Å². The van der Waals surface area contributed by atoms with Crippen LogP contribution in [0.3, 0.4) is 0 Å². The van der Waals surface area contributed by atoms with Crippen molar-refractivity contribution in [2.24, 2.45) is 7.05 Å². The number of pyridine rings is 2. The van der Waals surface area contributed by atoms with Gasteiger partial charge in [0, 0.05) is 41.1 Å². The largest absolute Gasteiger partial charge is 0.323 e. The normalized spacial score (nSPS) is 12.6. The van der Waals surface area contributed by atoms with Crippen molar-refractivity contribution in [2.45, 2.75) is 19.9 Å². The van der Waals surface area contributed by atoms with Gasteiger partial charge in [0.2, 0.25) is 0 Å². The van der Waals surface area contributed by atoms with Gasteiger partial charge in [-0.25, -0.2) is 9.67 Å². The van der Waals surface area contributed by atoms with Gasteiger partial charge < -0.3 is 4.57 Å². The van der Waals surface area contributed by atoms with E-state index >= 15 is 0 Å². The zero-order valence-corrected chi connectivity index (χ0v) is 15.8. The molecule has 0 aromatic carbocycles. The van der Waals surface area contributed by atoms with Crippen LogP contribution in [0.4, 0.5) is 0 Å². The third kappa shape index (κ3) is 2.64. The highest BCUT2D eigenvalue weighted by molar-refractivity contribution is 9.10. The molecule has 0 saturated carbocycles. The Labute approximate surface area is 153 Å². The van der Waals surface area contributed by atoms with Crippen molar-refractivity contribution in [1.29, 1.82) is 0 Å². The highest BCUT2D eigenvalue weighted by atomic mass is 79.9. The summed E-state index contributed by atoms with van der Waals surface area (Å²) in [5.74, 6) is 0. The second kappa shape index (κ2) is 6.07. The molecule has 126 valence electrons. The zero-order valence-electron chi connectivity index (χ0n) is 14.2. The van der Waals surface area contributed by atoms with Crippen molar-refractivity contribution in [3.63, 3.8) is 0 Å². The summed E-state index contributed by atoms with van der Waals surface area (Å²) >= 11 is 3.67. The summed E-state index contributed by atoms with van der Waals surface area (Å²) in [6.45, 7) is 4.08. The molecule has 7 heteroatoms. The zero-order chi connectivity index (χ0) is 17.6. The molecule has 0 fully saturated rings. The smallest absolute Gasteiger partial charge is 0.141 e. The first-order valence-electron chi connectivity index (χ1n) is 8.00. The lowest BCUT2D eigenvalue weighted by atomic mass is 10.1. The maximum absolute atomic E-state index is 4.72. The quantitative estimate of drug-likeness (QED) is 0.526. The first-order valence-corrected chi connectivity index (χ1v) is 8.79. The molecule has 25 heavy (non-hydrogen) atoms. The number of halogens is 1. The molecule has 0 aliphatic carbocycles. The van der Waals surface area contributed by atoms with Gasteiger partial charge >= 0.3 is 0 Å². The molecule has 4 heterocycles. The van der Waals surface area contributed by atoms with Gasteiger partial charge in [0.1, 0.15) is 5.65 Å². The molecule has 0 aliphatic rings. The van der Waals surface area contributed by atoms with E-state index in [4.69, 9.17) is 4.98 Å². The van der Waals surface area contributed by atoms with E-state index in [0.717, 1.165) is 38.2 Å². The van der Waals surface area contributed by atoms with E-state index in [1.807, 2.05) is 44.6 Å². The van der Waals surface area contributed by atoms with Gasteiger partial charge in [-0.3, -0.25) is 4.98 Å². The van der Waals surface area contributed by atoms with Gasteiger partial charge in [-0.1, -0.05) is 11.3 Å². The van der Waals surface area contributed by atoms with Gasteiger partial charge in [-0.05, 0) is 48.0 Å². The Morgan fingerprint density at radius 2 is 2.04 bits per heavy atom. The molecule has 0 bridgehead atoms. The summed E-state index contributed by atoms with van der Waals surface area (Å²) in [5.41, 5.74) is 4.79. The standard InChI is InChI=1S/C18H17BrN6/c1-11-17(24(3)23-22-11)13-8-14-15(19)10-25(18(14)21-9-13)12(2)16-6-4-5-7-20-16/h4-10,12H,1-3H3/t12-/m0/s1. The second-order valence-electron chi connectivity index (χ2n) is 6.06. The summed E-state index contributed by atoms with van der Waals surface area (Å²) in [6, 6.07) is 8.18. The Morgan fingerprint density at radius 1 is 1.20 bits per heavy atom. The van der Waals surface area contributed by atoms with E-state index in [1.165, 1.54) is 0 Å². The van der Waals surface area contributed by atoms with E-state index in [-0.39, 0.29) is 6.04 Å². The molecule has 0 saturated heterocycles. The summed E-state index contributed by atoms with van der Waals surface area (Å²) in [7, 11) is 1.89. The van der Waals surface area contributed by atoms with Crippen LogP contribution < -0.4 is 0 Å². The molecule has 0 spiro atoms. The van der Waals surface area contributed by atoms with Crippen LogP contribution in [0.15, 0.2) is 47.3 Å². The molecule has 0 aliphatic heterocycles. The Balaban J connectivity index is 1.85. The highest BCUT2D eigenvalue weighted by Crippen LogP contribution is 2.32. The number of fused-ring (bicyclic) bond motifs is 1. The molecule has 6 nitrogen and oxygen atoms in total. The van der Waals surface area contributed by atoms with E-state index < -0.39 is 0 Å². The molecule has 4 rings (SSSR count). The van der Waals surface area contributed by atoms with Gasteiger partial charge in [0.25, 0.3) is 0 Å². The monoisotopic (exact) mass is 396 g/mol. The van der Waals surface area contributed by atoms with Crippen molar-refractivity contribution in [2.75, 3.05) is 0 Å². The fourth-order valence-corrected chi connectivity index (χ4v) is 3.65. The minimum atomic E-state index is 0.0912. The van der Waals surface area contributed by atoms with E-state index in [1.54, 1.807) is 4.68 Å². The van der Waals surface area contributed by atoms with E-state index in [0.29, 0.717) is 0 Å². The number of aryl methyl sites for hydroxylation is 2. The predicted molar refractivity (Wildman–Crippen MR) is 100 cm³/mol. The van der Waals surface area contributed by atoms with Crippen molar-refractivity contribution < 1.29 is 0 Å². The van der Waals surface area contributed by atoms with Crippen LogP contribution >= 0.6 is 15.9 Å². The maximum atomic E-state index is 4.72. The molecule has 0 radical (unpaired) electrons. The fraction of sp³-hybridized carbons (Fsp3) is 0.222. The average Bonchev–Trinajstić information content (AvgIpc) is 3.14. The van der Waals surface area contributed by atoms with Crippen LogP contribution in [0.5, 0.6) is 0 Å². The summed E-state index contributed by atoms with van der Waals surface area (Å²) in [4.78, 5) is 9.19. The van der Waals surface area contributed by atoms with Crippen molar-refractivity contribution in [3.8, 4) is 11.3 Å². The van der Waals surface area contributed by atoms with Crippen LogP contribution in [0.1, 0.15) is 24.4 Å². The maximum Gasteiger partial charge on any atom is 0.141 e. The molecule has 0 unspecified atom stereocenters. The molecular formula is C18H17BrN6. The topological polar surface area (TPSA) is 61.4 Å². The van der Waals surface area contributed by atoms with Crippen molar-refractivity contribution in [3.05, 3.63) is 58.7 Å². The van der Waals surface area contributed by atoms with Gasteiger partial charge in [-0.15, -0.1) is 5.10 Å². The first kappa shape index (κ1) is 16.0. The molecule has 0 N–H and O–H groups in total. The highest BCUT2D eigenvalue weighted by Gasteiger charge is 2.17. The molecule has 4 aromatic heterocycles. The molecule has 4 aromatic rings. The Hall–Kier alpha value is -2.54. The number of nitrogens with zero attached hydrogens (tertiary/aromatic N) is 6. The van der Waals surface area contributed by atoms with Crippen LogP contribution in [-0.2, 0) is 7.05 Å². The molecule has 1 atom stereocenters. The van der Waals surface area contributed by atoms with E-state index in [2.05, 4.69) is 55.0 Å². The Bertz CT molecular complexity index is 1030. The van der Waals surface area contributed by atoms with Crippen LogP contribution in [0.2, 0.25) is 0 Å². The van der Waals surface area contributed by atoms with Gasteiger partial charge in [0.15, 0.2) is 0 Å². The summed E-state index contributed by atoms with van der Waals surface area (Å²) in [6.07, 6.45) is 5.76. The molecule has 0 amide bonds.